The Morgan fingerprint density at radius 3 is 2.32 bits per heavy atom. The average molecular weight is 277 g/mol. The van der Waals surface area contributed by atoms with E-state index < -0.39 is 0 Å². The summed E-state index contributed by atoms with van der Waals surface area (Å²) < 4.78 is 0. The van der Waals surface area contributed by atoms with Gasteiger partial charge in [-0.3, -0.25) is 19.3 Å². The zero-order chi connectivity index (χ0) is 13.9. The third-order valence-corrected chi connectivity index (χ3v) is 5.25. The van der Waals surface area contributed by atoms with E-state index in [1.165, 1.54) is 11.3 Å². The number of piperidine rings is 1. The highest BCUT2D eigenvalue weighted by atomic mass is 32.1. The van der Waals surface area contributed by atoms with Gasteiger partial charge in [-0.1, -0.05) is 13.8 Å². The van der Waals surface area contributed by atoms with Crippen LogP contribution < -0.4 is 0 Å². The number of ketones is 1. The molecule has 2 heterocycles. The van der Waals surface area contributed by atoms with Gasteiger partial charge in [0.2, 0.25) is 11.8 Å². The summed E-state index contributed by atoms with van der Waals surface area (Å²) in [4.78, 5) is 39.0. The van der Waals surface area contributed by atoms with Gasteiger partial charge in [0.25, 0.3) is 0 Å². The topological polar surface area (TPSA) is 54.5 Å². The molecule has 100 valence electrons. The molecule has 1 aliphatic heterocycles. The zero-order valence-corrected chi connectivity index (χ0v) is 11.9. The summed E-state index contributed by atoms with van der Waals surface area (Å²) >= 11 is 1.39. The fourth-order valence-corrected chi connectivity index (χ4v) is 3.76. The van der Waals surface area contributed by atoms with Gasteiger partial charge in [0.05, 0.1) is 23.3 Å². The fourth-order valence-electron chi connectivity index (χ4n) is 2.97. The van der Waals surface area contributed by atoms with Crippen LogP contribution in [0.5, 0.6) is 0 Å². The van der Waals surface area contributed by atoms with E-state index in [0.717, 1.165) is 9.78 Å². The number of likely N-dealkylation sites (tertiary alicyclic amines) is 1. The number of rotatable bonds is 3. The number of aryl methyl sites for hydroxylation is 1. The molecule has 1 saturated carbocycles. The van der Waals surface area contributed by atoms with Crippen molar-refractivity contribution in [3.63, 3.8) is 0 Å². The smallest absolute Gasteiger partial charge is 0.234 e. The minimum Gasteiger partial charge on any atom is -0.291 e. The number of fused-ring (bicyclic) bond motifs is 1. The molecule has 5 heteroatoms. The molecule has 1 aromatic rings. The third-order valence-electron chi connectivity index (χ3n) is 4.21. The van der Waals surface area contributed by atoms with Gasteiger partial charge in [-0.25, -0.2) is 0 Å². The number of imide groups is 1. The second kappa shape index (κ2) is 3.76. The van der Waals surface area contributed by atoms with Crippen molar-refractivity contribution in [3.8, 4) is 0 Å². The first-order chi connectivity index (χ1) is 8.84. The summed E-state index contributed by atoms with van der Waals surface area (Å²) in [6.07, 6.45) is 0. The van der Waals surface area contributed by atoms with Crippen molar-refractivity contribution in [1.82, 2.24) is 4.90 Å². The molecule has 2 fully saturated rings. The standard InChI is InChI=1S/C14H15NO3S/c1-7-4-5-9(19-7)8(16)6-15-12(17)10-11(13(15)18)14(10,2)3/h4-5,10-11H,6H2,1-3H3. The minimum absolute atomic E-state index is 0.110. The fraction of sp³-hybridized carbons (Fsp3) is 0.500. The van der Waals surface area contributed by atoms with Gasteiger partial charge >= 0.3 is 0 Å². The molecule has 3 rings (SSSR count). The molecule has 1 aromatic heterocycles. The van der Waals surface area contributed by atoms with E-state index in [9.17, 15) is 14.4 Å². The van der Waals surface area contributed by atoms with Crippen LogP contribution in [0.3, 0.4) is 0 Å². The van der Waals surface area contributed by atoms with Crippen molar-refractivity contribution in [3.05, 3.63) is 21.9 Å². The first kappa shape index (κ1) is 12.5. The van der Waals surface area contributed by atoms with E-state index in [1.54, 1.807) is 6.07 Å². The average Bonchev–Trinajstić information content (AvgIpc) is 2.62. The lowest BCUT2D eigenvalue weighted by Crippen LogP contribution is -2.39. The predicted octanol–water partition coefficient (Wildman–Crippen LogP) is 1.88. The highest BCUT2D eigenvalue weighted by Gasteiger charge is 2.72. The first-order valence-electron chi connectivity index (χ1n) is 6.29. The Morgan fingerprint density at radius 2 is 1.84 bits per heavy atom. The Hall–Kier alpha value is -1.49. The van der Waals surface area contributed by atoms with Gasteiger partial charge in [-0.2, -0.15) is 0 Å². The molecule has 4 nitrogen and oxygen atoms in total. The van der Waals surface area contributed by atoms with Crippen molar-refractivity contribution < 1.29 is 14.4 Å². The van der Waals surface area contributed by atoms with Gasteiger partial charge in [-0.15, -0.1) is 11.3 Å². The van der Waals surface area contributed by atoms with Crippen LogP contribution in [0, 0.1) is 24.2 Å². The Bertz CT molecular complexity index is 578. The summed E-state index contributed by atoms with van der Waals surface area (Å²) in [6, 6.07) is 3.62. The molecule has 2 amide bonds. The van der Waals surface area contributed by atoms with Crippen LogP contribution in [0.1, 0.15) is 28.4 Å². The maximum atomic E-state index is 12.1. The molecule has 19 heavy (non-hydrogen) atoms. The molecule has 0 spiro atoms. The number of hydrogen-bond acceptors (Lipinski definition) is 4. The minimum atomic E-state index is -0.215. The Labute approximate surface area is 115 Å². The number of hydrogen-bond donors (Lipinski definition) is 0. The van der Waals surface area contributed by atoms with Crippen LogP contribution in [-0.4, -0.2) is 29.0 Å². The Morgan fingerprint density at radius 1 is 1.26 bits per heavy atom. The van der Waals surface area contributed by atoms with E-state index >= 15 is 0 Å². The van der Waals surface area contributed by atoms with Crippen LogP contribution in [0.2, 0.25) is 0 Å². The first-order valence-corrected chi connectivity index (χ1v) is 7.10. The largest absolute Gasteiger partial charge is 0.291 e. The lowest BCUT2D eigenvalue weighted by atomic mass is 10.1. The molecular weight excluding hydrogens is 262 g/mol. The van der Waals surface area contributed by atoms with Crippen molar-refractivity contribution in [2.24, 2.45) is 17.3 Å². The molecule has 0 N–H and O–H groups in total. The maximum absolute atomic E-state index is 12.1. The molecule has 0 aromatic carbocycles. The highest BCUT2D eigenvalue weighted by molar-refractivity contribution is 7.14. The number of carbonyl (C=O) groups is 3. The second-order valence-electron chi connectivity index (χ2n) is 5.87. The van der Waals surface area contributed by atoms with E-state index in [1.807, 2.05) is 26.8 Å². The molecule has 1 saturated heterocycles. The number of carbonyl (C=O) groups excluding carboxylic acids is 3. The van der Waals surface area contributed by atoms with E-state index in [-0.39, 0.29) is 41.4 Å². The molecule has 0 radical (unpaired) electrons. The van der Waals surface area contributed by atoms with Crippen LogP contribution in [0.25, 0.3) is 0 Å². The summed E-state index contributed by atoms with van der Waals surface area (Å²) in [5.41, 5.74) is -0.215. The lowest BCUT2D eigenvalue weighted by Gasteiger charge is -2.19. The van der Waals surface area contributed by atoms with Crippen LogP contribution in [0.15, 0.2) is 12.1 Å². The third kappa shape index (κ3) is 1.68. The molecule has 1 aliphatic carbocycles. The van der Waals surface area contributed by atoms with E-state index in [4.69, 9.17) is 0 Å². The van der Waals surface area contributed by atoms with Crippen molar-refractivity contribution in [2.75, 3.05) is 6.54 Å². The van der Waals surface area contributed by atoms with Gasteiger partial charge in [0.15, 0.2) is 5.78 Å². The van der Waals surface area contributed by atoms with Gasteiger partial charge in [0, 0.05) is 4.88 Å². The molecule has 2 unspecified atom stereocenters. The zero-order valence-electron chi connectivity index (χ0n) is 11.1. The second-order valence-corrected chi connectivity index (χ2v) is 7.16. The molecule has 0 bridgehead atoms. The summed E-state index contributed by atoms with van der Waals surface area (Å²) in [5, 5.41) is 0. The summed E-state index contributed by atoms with van der Waals surface area (Å²) in [5.74, 6) is -0.932. The van der Waals surface area contributed by atoms with Gasteiger partial charge in [0.1, 0.15) is 0 Å². The number of amides is 2. The molecular formula is C14H15NO3S. The van der Waals surface area contributed by atoms with Gasteiger partial charge < -0.3 is 0 Å². The number of thiophene rings is 1. The molecule has 2 atom stereocenters. The van der Waals surface area contributed by atoms with E-state index in [0.29, 0.717) is 4.88 Å². The van der Waals surface area contributed by atoms with Crippen LogP contribution >= 0.6 is 11.3 Å². The highest BCUT2D eigenvalue weighted by Crippen LogP contribution is 2.63. The van der Waals surface area contributed by atoms with Gasteiger partial charge in [-0.05, 0) is 24.5 Å². The van der Waals surface area contributed by atoms with Crippen LogP contribution in [0.4, 0.5) is 0 Å². The number of Topliss-reactive ketones (excluding diaryl/α,β-unsaturated/α-hetero) is 1. The molecule has 2 aliphatic rings. The SMILES string of the molecule is Cc1ccc(C(=O)CN2C(=O)C3C(C2=O)C3(C)C)s1. The van der Waals surface area contributed by atoms with Crippen molar-refractivity contribution >= 4 is 28.9 Å². The van der Waals surface area contributed by atoms with Crippen molar-refractivity contribution in [1.29, 1.82) is 0 Å². The van der Waals surface area contributed by atoms with Crippen molar-refractivity contribution in [2.45, 2.75) is 20.8 Å². The predicted molar refractivity (Wildman–Crippen MR) is 70.9 cm³/mol. The monoisotopic (exact) mass is 277 g/mol. The Kier molecular flexibility index (Phi) is 2.48. The summed E-state index contributed by atoms with van der Waals surface area (Å²) in [6.45, 7) is 5.67. The maximum Gasteiger partial charge on any atom is 0.234 e. The lowest BCUT2D eigenvalue weighted by molar-refractivity contribution is -0.142. The normalized spacial score (nSPS) is 27.6. The van der Waals surface area contributed by atoms with E-state index in [2.05, 4.69) is 0 Å². The summed E-state index contributed by atoms with van der Waals surface area (Å²) in [7, 11) is 0. The Balaban J connectivity index is 1.74. The quantitative estimate of drug-likeness (QED) is 0.626. The van der Waals surface area contributed by atoms with Crippen LogP contribution in [-0.2, 0) is 9.59 Å². The number of nitrogens with zero attached hydrogens (tertiary/aromatic N) is 1.